The van der Waals surface area contributed by atoms with Gasteiger partial charge in [-0.25, -0.2) is 0 Å². The molecule has 0 unspecified atom stereocenters. The van der Waals surface area contributed by atoms with Crippen LogP contribution in [0.2, 0.25) is 0 Å². The number of Topliss-reactive ketones (excluding diaryl/α,β-unsaturated/α-hetero) is 1. The lowest BCUT2D eigenvalue weighted by Gasteiger charge is -2.18. The lowest BCUT2D eigenvalue weighted by molar-refractivity contribution is 0.0909. The van der Waals surface area contributed by atoms with Crippen molar-refractivity contribution < 1.29 is 23.8 Å². The molecular formula is C17H20O5. The maximum Gasteiger partial charge on any atom is 0.228 e. The first-order valence-electron chi connectivity index (χ1n) is 7.11. The van der Waals surface area contributed by atoms with E-state index in [1.807, 2.05) is 0 Å². The van der Waals surface area contributed by atoms with Crippen molar-refractivity contribution in [3.8, 4) is 5.75 Å². The first kappa shape index (κ1) is 16.2. The van der Waals surface area contributed by atoms with Crippen LogP contribution in [-0.2, 0) is 16.1 Å². The molecule has 0 spiro atoms. The van der Waals surface area contributed by atoms with Crippen molar-refractivity contribution in [2.24, 2.45) is 5.92 Å². The summed E-state index contributed by atoms with van der Waals surface area (Å²) < 4.78 is 15.8. The molecule has 1 aromatic carbocycles. The standard InChI is InChI=1S/C17H20O5/c1-10(2)8-22-9-11-5-12-16(14(6-11)20-3)13(18)7-15(21-4)17(12)19/h5-7,10H,8-9H2,1-4H3. The zero-order valence-corrected chi connectivity index (χ0v) is 13.3. The van der Waals surface area contributed by atoms with Crippen molar-refractivity contribution in [3.63, 3.8) is 0 Å². The molecule has 0 amide bonds. The van der Waals surface area contributed by atoms with E-state index in [9.17, 15) is 9.59 Å². The van der Waals surface area contributed by atoms with E-state index in [0.29, 0.717) is 30.4 Å². The van der Waals surface area contributed by atoms with E-state index in [1.165, 1.54) is 20.3 Å². The van der Waals surface area contributed by atoms with Gasteiger partial charge in [-0.05, 0) is 23.6 Å². The van der Waals surface area contributed by atoms with Gasteiger partial charge in [0.05, 0.1) is 26.4 Å². The fraction of sp³-hybridized carbons (Fsp3) is 0.412. The molecule has 0 radical (unpaired) electrons. The number of ether oxygens (including phenoxy) is 3. The number of benzene rings is 1. The van der Waals surface area contributed by atoms with Gasteiger partial charge in [0.2, 0.25) is 5.78 Å². The van der Waals surface area contributed by atoms with Crippen LogP contribution < -0.4 is 4.74 Å². The molecule has 0 saturated heterocycles. The molecule has 0 aliphatic heterocycles. The van der Waals surface area contributed by atoms with Crippen molar-refractivity contribution in [2.45, 2.75) is 20.5 Å². The number of allylic oxidation sites excluding steroid dienone is 2. The summed E-state index contributed by atoms with van der Waals surface area (Å²) in [6.07, 6.45) is 1.20. The molecule has 22 heavy (non-hydrogen) atoms. The zero-order chi connectivity index (χ0) is 16.3. The van der Waals surface area contributed by atoms with E-state index in [4.69, 9.17) is 14.2 Å². The number of carbonyl (C=O) groups excluding carboxylic acids is 2. The summed E-state index contributed by atoms with van der Waals surface area (Å²) in [5.74, 6) is 0.232. The van der Waals surface area contributed by atoms with Crippen molar-refractivity contribution >= 4 is 11.6 Å². The van der Waals surface area contributed by atoms with Crippen LogP contribution in [0.1, 0.15) is 40.1 Å². The second kappa shape index (κ2) is 6.75. The number of hydrogen-bond acceptors (Lipinski definition) is 5. The third-order valence-electron chi connectivity index (χ3n) is 3.30. The van der Waals surface area contributed by atoms with Crippen LogP contribution >= 0.6 is 0 Å². The predicted octanol–water partition coefficient (Wildman–Crippen LogP) is 2.78. The molecule has 5 heteroatoms. The molecule has 0 atom stereocenters. The molecule has 2 rings (SSSR count). The molecule has 0 saturated carbocycles. The molecule has 0 fully saturated rings. The highest BCUT2D eigenvalue weighted by Gasteiger charge is 2.30. The second-order valence-electron chi connectivity index (χ2n) is 5.54. The summed E-state index contributed by atoms with van der Waals surface area (Å²) in [5.41, 5.74) is 1.36. The highest BCUT2D eigenvalue weighted by molar-refractivity contribution is 6.24. The first-order chi connectivity index (χ1) is 10.5. The Balaban J connectivity index is 2.38. The number of hydrogen-bond donors (Lipinski definition) is 0. The number of fused-ring (bicyclic) bond motifs is 1. The Morgan fingerprint density at radius 3 is 2.41 bits per heavy atom. The molecule has 5 nitrogen and oxygen atoms in total. The number of rotatable bonds is 6. The van der Waals surface area contributed by atoms with Gasteiger partial charge in [0.1, 0.15) is 5.75 Å². The van der Waals surface area contributed by atoms with Crippen LogP contribution in [0.15, 0.2) is 24.0 Å². The quantitative estimate of drug-likeness (QED) is 0.808. The molecule has 0 bridgehead atoms. The van der Waals surface area contributed by atoms with Gasteiger partial charge in [0, 0.05) is 18.2 Å². The normalized spacial score (nSPS) is 14.0. The van der Waals surface area contributed by atoms with Gasteiger partial charge >= 0.3 is 0 Å². The molecule has 1 aliphatic rings. The van der Waals surface area contributed by atoms with Gasteiger partial charge in [-0.1, -0.05) is 13.8 Å². The lowest BCUT2D eigenvalue weighted by Crippen LogP contribution is -2.19. The van der Waals surface area contributed by atoms with Crippen LogP contribution in [0.3, 0.4) is 0 Å². The number of ketones is 2. The Morgan fingerprint density at radius 1 is 1.09 bits per heavy atom. The third kappa shape index (κ3) is 3.20. The van der Waals surface area contributed by atoms with Crippen molar-refractivity contribution in [1.29, 1.82) is 0 Å². The highest BCUT2D eigenvalue weighted by atomic mass is 16.5. The monoisotopic (exact) mass is 304 g/mol. The summed E-state index contributed by atoms with van der Waals surface area (Å²) >= 11 is 0. The maximum absolute atomic E-state index is 12.4. The Kier molecular flexibility index (Phi) is 4.98. The van der Waals surface area contributed by atoms with Gasteiger partial charge < -0.3 is 14.2 Å². The molecular weight excluding hydrogens is 284 g/mol. The molecule has 1 aromatic rings. The van der Waals surface area contributed by atoms with Gasteiger partial charge in [0.25, 0.3) is 0 Å². The lowest BCUT2D eigenvalue weighted by atomic mass is 9.91. The Bertz CT molecular complexity index is 628. The minimum Gasteiger partial charge on any atom is -0.496 e. The number of methoxy groups -OCH3 is 2. The number of carbonyl (C=O) groups is 2. The smallest absolute Gasteiger partial charge is 0.228 e. The van der Waals surface area contributed by atoms with Crippen LogP contribution in [0.4, 0.5) is 0 Å². The maximum atomic E-state index is 12.4. The van der Waals surface area contributed by atoms with E-state index in [1.54, 1.807) is 12.1 Å². The Hall–Kier alpha value is -2.14. The van der Waals surface area contributed by atoms with Crippen molar-refractivity contribution in [2.75, 3.05) is 20.8 Å². The zero-order valence-electron chi connectivity index (χ0n) is 13.3. The Labute approximate surface area is 129 Å². The van der Waals surface area contributed by atoms with Gasteiger partial charge in [-0.15, -0.1) is 0 Å². The second-order valence-corrected chi connectivity index (χ2v) is 5.54. The van der Waals surface area contributed by atoms with Crippen LogP contribution in [-0.4, -0.2) is 32.4 Å². The molecule has 118 valence electrons. The predicted molar refractivity (Wildman–Crippen MR) is 81.2 cm³/mol. The van der Waals surface area contributed by atoms with Gasteiger partial charge in [0.15, 0.2) is 11.5 Å². The summed E-state index contributed by atoms with van der Waals surface area (Å²) in [7, 11) is 2.84. The van der Waals surface area contributed by atoms with E-state index < -0.39 is 0 Å². The highest BCUT2D eigenvalue weighted by Crippen LogP contribution is 2.31. The van der Waals surface area contributed by atoms with Crippen LogP contribution in [0.25, 0.3) is 0 Å². The topological polar surface area (TPSA) is 61.8 Å². The summed E-state index contributed by atoms with van der Waals surface area (Å²) in [4.78, 5) is 24.5. The van der Waals surface area contributed by atoms with E-state index >= 15 is 0 Å². The van der Waals surface area contributed by atoms with Crippen molar-refractivity contribution in [1.82, 2.24) is 0 Å². The molecule has 0 aromatic heterocycles. The Morgan fingerprint density at radius 2 is 1.82 bits per heavy atom. The molecule has 1 aliphatic carbocycles. The largest absolute Gasteiger partial charge is 0.496 e. The minimum absolute atomic E-state index is 0.0415. The fourth-order valence-corrected chi connectivity index (χ4v) is 2.30. The SMILES string of the molecule is COC1=CC(=O)c2c(OC)cc(COCC(C)C)cc2C1=O. The summed E-state index contributed by atoms with van der Waals surface area (Å²) in [6.45, 7) is 5.10. The molecule has 0 heterocycles. The summed E-state index contributed by atoms with van der Waals surface area (Å²) in [5, 5.41) is 0. The summed E-state index contributed by atoms with van der Waals surface area (Å²) in [6, 6.07) is 3.40. The van der Waals surface area contributed by atoms with E-state index in [-0.39, 0.29) is 22.9 Å². The minimum atomic E-state index is -0.318. The van der Waals surface area contributed by atoms with E-state index in [0.717, 1.165) is 5.56 Å². The van der Waals surface area contributed by atoms with E-state index in [2.05, 4.69) is 13.8 Å². The van der Waals surface area contributed by atoms with Gasteiger partial charge in [-0.3, -0.25) is 9.59 Å². The average molecular weight is 304 g/mol. The molecule has 0 N–H and O–H groups in total. The third-order valence-corrected chi connectivity index (χ3v) is 3.30. The average Bonchev–Trinajstić information content (AvgIpc) is 2.49. The van der Waals surface area contributed by atoms with Crippen molar-refractivity contribution in [3.05, 3.63) is 40.7 Å². The van der Waals surface area contributed by atoms with Crippen LogP contribution in [0, 0.1) is 5.92 Å². The van der Waals surface area contributed by atoms with Gasteiger partial charge in [-0.2, -0.15) is 0 Å². The first-order valence-corrected chi connectivity index (χ1v) is 7.11. The fourth-order valence-electron chi connectivity index (χ4n) is 2.30. The van der Waals surface area contributed by atoms with Crippen LogP contribution in [0.5, 0.6) is 5.75 Å².